The molecular weight excluding hydrogens is 224 g/mol. The molecule has 18 heavy (non-hydrogen) atoms. The molecule has 1 aliphatic carbocycles. The average Bonchev–Trinajstić information content (AvgIpc) is 3.20. The quantitative estimate of drug-likeness (QED) is 0.787. The molecule has 3 nitrogen and oxygen atoms in total. The van der Waals surface area contributed by atoms with Crippen LogP contribution in [-0.4, -0.2) is 36.5 Å². The van der Waals surface area contributed by atoms with E-state index in [1.54, 1.807) is 0 Å². The van der Waals surface area contributed by atoms with Gasteiger partial charge >= 0.3 is 0 Å². The summed E-state index contributed by atoms with van der Waals surface area (Å²) in [5, 5.41) is 3.68. The molecule has 0 aromatic heterocycles. The van der Waals surface area contributed by atoms with E-state index in [0.717, 1.165) is 32.0 Å². The molecule has 1 aliphatic heterocycles. The van der Waals surface area contributed by atoms with E-state index in [1.165, 1.54) is 25.7 Å². The molecule has 2 aliphatic rings. The molecular formula is C15H28N2O. The Morgan fingerprint density at radius 3 is 2.61 bits per heavy atom. The fourth-order valence-corrected chi connectivity index (χ4v) is 2.88. The molecule has 0 aromatic carbocycles. The van der Waals surface area contributed by atoms with Crippen molar-refractivity contribution in [2.45, 2.75) is 58.4 Å². The minimum Gasteiger partial charge on any atom is -0.341 e. The predicted molar refractivity (Wildman–Crippen MR) is 74.4 cm³/mol. The van der Waals surface area contributed by atoms with Crippen molar-refractivity contribution < 1.29 is 4.79 Å². The molecule has 1 saturated carbocycles. The van der Waals surface area contributed by atoms with Crippen molar-refractivity contribution in [3.63, 3.8) is 0 Å². The first-order valence-electron chi connectivity index (χ1n) is 7.74. The van der Waals surface area contributed by atoms with Gasteiger partial charge < -0.3 is 10.2 Å². The summed E-state index contributed by atoms with van der Waals surface area (Å²) >= 11 is 0. The summed E-state index contributed by atoms with van der Waals surface area (Å²) in [6.45, 7) is 7.41. The summed E-state index contributed by atoms with van der Waals surface area (Å²) in [7, 11) is 0. The first-order chi connectivity index (χ1) is 8.72. The molecule has 104 valence electrons. The van der Waals surface area contributed by atoms with Crippen molar-refractivity contribution in [3.8, 4) is 0 Å². The highest BCUT2D eigenvalue weighted by atomic mass is 16.2. The van der Waals surface area contributed by atoms with E-state index in [-0.39, 0.29) is 0 Å². The van der Waals surface area contributed by atoms with Crippen molar-refractivity contribution in [2.24, 2.45) is 11.8 Å². The summed E-state index contributed by atoms with van der Waals surface area (Å²) in [6, 6.07) is 0.533. The fraction of sp³-hybridized carbons (Fsp3) is 0.933. The van der Waals surface area contributed by atoms with Gasteiger partial charge in [0, 0.05) is 25.6 Å². The fourth-order valence-electron chi connectivity index (χ4n) is 2.88. The van der Waals surface area contributed by atoms with Crippen LogP contribution in [0.25, 0.3) is 0 Å². The van der Waals surface area contributed by atoms with Crippen molar-refractivity contribution in [2.75, 3.05) is 19.6 Å². The van der Waals surface area contributed by atoms with Crippen LogP contribution in [0.3, 0.4) is 0 Å². The van der Waals surface area contributed by atoms with E-state index in [4.69, 9.17) is 0 Å². The normalized spacial score (nSPS) is 28.4. The van der Waals surface area contributed by atoms with Crippen LogP contribution in [-0.2, 0) is 4.79 Å². The SMILES string of the molecule is CCCC(=O)N1CC(CC)CC(NCC2CC2)C1. The first-order valence-corrected chi connectivity index (χ1v) is 7.74. The lowest BCUT2D eigenvalue weighted by Gasteiger charge is -2.38. The summed E-state index contributed by atoms with van der Waals surface area (Å²) in [6.07, 6.45) is 6.92. The number of nitrogens with one attached hydrogen (secondary N) is 1. The molecule has 2 rings (SSSR count). The van der Waals surface area contributed by atoms with E-state index in [0.29, 0.717) is 24.3 Å². The Morgan fingerprint density at radius 2 is 2.00 bits per heavy atom. The van der Waals surface area contributed by atoms with Gasteiger partial charge in [-0.3, -0.25) is 4.79 Å². The number of nitrogens with zero attached hydrogens (tertiary/aromatic N) is 1. The van der Waals surface area contributed by atoms with Crippen LogP contribution < -0.4 is 5.32 Å². The van der Waals surface area contributed by atoms with Gasteiger partial charge in [-0.1, -0.05) is 20.3 Å². The zero-order chi connectivity index (χ0) is 13.0. The zero-order valence-corrected chi connectivity index (χ0v) is 12.0. The minimum atomic E-state index is 0.355. The highest BCUT2D eigenvalue weighted by Crippen LogP contribution is 2.28. The maximum atomic E-state index is 12.1. The lowest BCUT2D eigenvalue weighted by Crippen LogP contribution is -2.51. The molecule has 1 saturated heterocycles. The minimum absolute atomic E-state index is 0.355. The van der Waals surface area contributed by atoms with Crippen LogP contribution in [0.5, 0.6) is 0 Å². The highest BCUT2D eigenvalue weighted by molar-refractivity contribution is 5.76. The standard InChI is InChI=1S/C15H28N2O/c1-3-5-15(18)17-10-12(4-2)8-14(11-17)16-9-13-6-7-13/h12-14,16H,3-11H2,1-2H3. The van der Waals surface area contributed by atoms with E-state index in [2.05, 4.69) is 24.1 Å². The number of carbonyl (C=O) groups excluding carboxylic acids is 1. The van der Waals surface area contributed by atoms with Gasteiger partial charge in [0.1, 0.15) is 0 Å². The van der Waals surface area contributed by atoms with Gasteiger partial charge in [-0.05, 0) is 44.1 Å². The Balaban J connectivity index is 1.83. The van der Waals surface area contributed by atoms with Gasteiger partial charge in [-0.25, -0.2) is 0 Å². The van der Waals surface area contributed by atoms with Gasteiger partial charge in [0.15, 0.2) is 0 Å². The van der Waals surface area contributed by atoms with Gasteiger partial charge in [0.25, 0.3) is 0 Å². The van der Waals surface area contributed by atoms with Crippen LogP contribution in [0.1, 0.15) is 52.4 Å². The van der Waals surface area contributed by atoms with Crippen LogP contribution in [0, 0.1) is 11.8 Å². The van der Waals surface area contributed by atoms with Crippen LogP contribution in [0.2, 0.25) is 0 Å². The number of carbonyl (C=O) groups is 1. The summed E-state index contributed by atoms with van der Waals surface area (Å²) in [5.41, 5.74) is 0. The van der Waals surface area contributed by atoms with Gasteiger partial charge in [0.05, 0.1) is 0 Å². The number of hydrogen-bond donors (Lipinski definition) is 1. The van der Waals surface area contributed by atoms with Gasteiger partial charge in [0.2, 0.25) is 5.91 Å². The van der Waals surface area contributed by atoms with Crippen LogP contribution in [0.15, 0.2) is 0 Å². The molecule has 3 heteroatoms. The Bertz CT molecular complexity index is 276. The number of amides is 1. The third-order valence-electron chi connectivity index (χ3n) is 4.32. The third kappa shape index (κ3) is 3.98. The lowest BCUT2D eigenvalue weighted by molar-refractivity contribution is -0.133. The topological polar surface area (TPSA) is 32.3 Å². The molecule has 0 bridgehead atoms. The molecule has 0 aromatic rings. The Kier molecular flexibility index (Phi) is 5.04. The second kappa shape index (κ2) is 6.55. The van der Waals surface area contributed by atoms with Crippen molar-refractivity contribution in [3.05, 3.63) is 0 Å². The smallest absolute Gasteiger partial charge is 0.222 e. The molecule has 2 atom stereocenters. The molecule has 0 spiro atoms. The van der Waals surface area contributed by atoms with E-state index in [1.807, 2.05) is 0 Å². The summed E-state index contributed by atoms with van der Waals surface area (Å²) < 4.78 is 0. The number of likely N-dealkylation sites (tertiary alicyclic amines) is 1. The van der Waals surface area contributed by atoms with Crippen molar-refractivity contribution in [1.82, 2.24) is 10.2 Å². The second-order valence-corrected chi connectivity index (χ2v) is 6.11. The first kappa shape index (κ1) is 13.9. The van der Waals surface area contributed by atoms with Gasteiger partial charge in [-0.2, -0.15) is 0 Å². The Labute approximate surface area is 111 Å². The molecule has 0 radical (unpaired) electrons. The Hall–Kier alpha value is -0.570. The third-order valence-corrected chi connectivity index (χ3v) is 4.32. The number of hydrogen-bond acceptors (Lipinski definition) is 2. The Morgan fingerprint density at radius 1 is 1.22 bits per heavy atom. The molecule has 1 amide bonds. The highest BCUT2D eigenvalue weighted by Gasteiger charge is 2.30. The predicted octanol–water partition coefficient (Wildman–Crippen LogP) is 2.41. The monoisotopic (exact) mass is 252 g/mol. The van der Waals surface area contributed by atoms with E-state index in [9.17, 15) is 4.79 Å². The van der Waals surface area contributed by atoms with Crippen LogP contribution in [0.4, 0.5) is 0 Å². The number of rotatable bonds is 6. The van der Waals surface area contributed by atoms with Crippen LogP contribution >= 0.6 is 0 Å². The average molecular weight is 252 g/mol. The summed E-state index contributed by atoms with van der Waals surface area (Å²) in [4.78, 5) is 14.2. The molecule has 1 heterocycles. The molecule has 2 fully saturated rings. The molecule has 1 N–H and O–H groups in total. The zero-order valence-electron chi connectivity index (χ0n) is 12.0. The van der Waals surface area contributed by atoms with Crippen molar-refractivity contribution >= 4 is 5.91 Å². The molecule has 2 unspecified atom stereocenters. The summed E-state index contributed by atoms with van der Waals surface area (Å²) in [5.74, 6) is 1.97. The maximum Gasteiger partial charge on any atom is 0.222 e. The number of piperidine rings is 1. The van der Waals surface area contributed by atoms with Crippen molar-refractivity contribution in [1.29, 1.82) is 0 Å². The van der Waals surface area contributed by atoms with E-state index < -0.39 is 0 Å². The lowest BCUT2D eigenvalue weighted by atomic mass is 9.91. The van der Waals surface area contributed by atoms with E-state index >= 15 is 0 Å². The second-order valence-electron chi connectivity index (χ2n) is 6.11. The van der Waals surface area contributed by atoms with Gasteiger partial charge in [-0.15, -0.1) is 0 Å². The maximum absolute atomic E-state index is 12.1. The largest absolute Gasteiger partial charge is 0.341 e.